The second-order valence-corrected chi connectivity index (χ2v) is 6.81. The number of nitrogens with zero attached hydrogens (tertiary/aromatic N) is 3. The summed E-state index contributed by atoms with van der Waals surface area (Å²) in [5.41, 5.74) is 3.55. The van der Waals surface area contributed by atoms with Crippen molar-refractivity contribution in [2.45, 2.75) is 32.5 Å². The number of aromatic amines is 1. The first kappa shape index (κ1) is 16.7. The highest BCUT2D eigenvalue weighted by atomic mass is 16.5. The van der Waals surface area contributed by atoms with Crippen LogP contribution in [0.2, 0.25) is 0 Å². The number of carbonyl (C=O) groups excluding carboxylic acids is 1. The lowest BCUT2D eigenvalue weighted by Gasteiger charge is -2.32. The summed E-state index contributed by atoms with van der Waals surface area (Å²) in [5, 5.41) is 8.11. The predicted octanol–water partition coefficient (Wildman–Crippen LogP) is 3.09. The minimum atomic E-state index is -0.0310. The Kier molecular flexibility index (Phi) is 4.67. The maximum absolute atomic E-state index is 13.0. The van der Waals surface area contributed by atoms with E-state index < -0.39 is 0 Å². The molecule has 1 aliphatic heterocycles. The standard InChI is InChI=1S/C20H22N4O2/c1-14-6-7-18-17(10-14)19(23-22-18)20(25)24-9-3-5-16(12-24)26-13-15-4-2-8-21-11-15/h2,4,6-8,10-11,16H,3,5,9,12-13H2,1H3,(H,22,23)/t16-/m1/s1. The average Bonchev–Trinajstić information content (AvgIpc) is 3.10. The number of aromatic nitrogens is 3. The lowest BCUT2D eigenvalue weighted by molar-refractivity contribution is -0.00692. The minimum Gasteiger partial charge on any atom is -0.372 e. The van der Waals surface area contributed by atoms with E-state index in [2.05, 4.69) is 15.2 Å². The van der Waals surface area contributed by atoms with Crippen LogP contribution in [-0.2, 0) is 11.3 Å². The number of ether oxygens (including phenoxy) is 1. The highest BCUT2D eigenvalue weighted by Crippen LogP contribution is 2.22. The summed E-state index contributed by atoms with van der Waals surface area (Å²) in [6.07, 6.45) is 5.50. The van der Waals surface area contributed by atoms with Crippen LogP contribution in [0.5, 0.6) is 0 Å². The molecule has 1 aliphatic rings. The molecule has 0 radical (unpaired) electrons. The van der Waals surface area contributed by atoms with Crippen LogP contribution in [0.25, 0.3) is 10.9 Å². The van der Waals surface area contributed by atoms with Crippen LogP contribution < -0.4 is 0 Å². The van der Waals surface area contributed by atoms with E-state index in [1.165, 1.54) is 0 Å². The fraction of sp³-hybridized carbons (Fsp3) is 0.350. The van der Waals surface area contributed by atoms with Gasteiger partial charge in [-0.1, -0.05) is 17.7 Å². The molecular formula is C20H22N4O2. The van der Waals surface area contributed by atoms with Crippen LogP contribution in [0, 0.1) is 6.92 Å². The van der Waals surface area contributed by atoms with Crippen LogP contribution >= 0.6 is 0 Å². The van der Waals surface area contributed by atoms with Gasteiger partial charge in [0.05, 0.1) is 18.2 Å². The Hall–Kier alpha value is -2.73. The molecule has 0 aliphatic carbocycles. The van der Waals surface area contributed by atoms with Gasteiger partial charge in [0.15, 0.2) is 5.69 Å². The number of benzene rings is 1. The van der Waals surface area contributed by atoms with E-state index >= 15 is 0 Å². The third kappa shape index (κ3) is 3.46. The number of hydrogen-bond acceptors (Lipinski definition) is 4. The van der Waals surface area contributed by atoms with Gasteiger partial charge in [0.1, 0.15) is 0 Å². The van der Waals surface area contributed by atoms with Gasteiger partial charge in [-0.05, 0) is 43.5 Å². The topological polar surface area (TPSA) is 71.1 Å². The van der Waals surface area contributed by atoms with Gasteiger partial charge >= 0.3 is 0 Å². The number of hydrogen-bond donors (Lipinski definition) is 1. The Balaban J connectivity index is 1.45. The molecule has 26 heavy (non-hydrogen) atoms. The molecule has 3 aromatic rings. The predicted molar refractivity (Wildman–Crippen MR) is 98.8 cm³/mol. The van der Waals surface area contributed by atoms with Crippen molar-refractivity contribution in [3.8, 4) is 0 Å². The Bertz CT molecular complexity index is 907. The van der Waals surface area contributed by atoms with Gasteiger partial charge in [0.2, 0.25) is 0 Å². The monoisotopic (exact) mass is 350 g/mol. The molecule has 0 bridgehead atoms. The van der Waals surface area contributed by atoms with Crippen molar-refractivity contribution < 1.29 is 9.53 Å². The molecule has 0 saturated carbocycles. The molecule has 4 rings (SSSR count). The normalized spacial score (nSPS) is 17.6. The third-order valence-corrected chi connectivity index (χ3v) is 4.79. The molecular weight excluding hydrogens is 328 g/mol. The zero-order chi connectivity index (χ0) is 17.9. The Labute approximate surface area is 152 Å². The van der Waals surface area contributed by atoms with Gasteiger partial charge in [-0.3, -0.25) is 14.9 Å². The van der Waals surface area contributed by atoms with Gasteiger partial charge in [-0.15, -0.1) is 0 Å². The maximum Gasteiger partial charge on any atom is 0.275 e. The number of amides is 1. The lowest BCUT2D eigenvalue weighted by atomic mass is 10.1. The summed E-state index contributed by atoms with van der Waals surface area (Å²) in [6, 6.07) is 9.88. The number of piperidine rings is 1. The van der Waals surface area contributed by atoms with Gasteiger partial charge < -0.3 is 9.64 Å². The van der Waals surface area contributed by atoms with E-state index in [9.17, 15) is 4.79 Å². The minimum absolute atomic E-state index is 0.0310. The van der Waals surface area contributed by atoms with Gasteiger partial charge in [0, 0.05) is 30.9 Å². The summed E-state index contributed by atoms with van der Waals surface area (Å²) >= 11 is 0. The highest BCUT2D eigenvalue weighted by Gasteiger charge is 2.27. The van der Waals surface area contributed by atoms with E-state index in [-0.39, 0.29) is 12.0 Å². The second kappa shape index (κ2) is 7.25. The third-order valence-electron chi connectivity index (χ3n) is 4.79. The van der Waals surface area contributed by atoms with E-state index in [0.717, 1.165) is 41.4 Å². The fourth-order valence-corrected chi connectivity index (χ4v) is 3.40. The Morgan fingerprint density at radius 2 is 2.31 bits per heavy atom. The number of rotatable bonds is 4. The average molecular weight is 350 g/mol. The van der Waals surface area contributed by atoms with E-state index in [1.807, 2.05) is 48.4 Å². The van der Waals surface area contributed by atoms with Crippen LogP contribution in [0.15, 0.2) is 42.7 Å². The number of H-pyrrole nitrogens is 1. The molecule has 1 atom stereocenters. The van der Waals surface area contributed by atoms with Crippen molar-refractivity contribution in [1.29, 1.82) is 0 Å². The second-order valence-electron chi connectivity index (χ2n) is 6.81. The van der Waals surface area contributed by atoms with Gasteiger partial charge in [-0.2, -0.15) is 5.10 Å². The quantitative estimate of drug-likeness (QED) is 0.785. The summed E-state index contributed by atoms with van der Waals surface area (Å²) in [6.45, 7) is 3.87. The molecule has 134 valence electrons. The van der Waals surface area contributed by atoms with Gasteiger partial charge in [-0.25, -0.2) is 0 Å². The maximum atomic E-state index is 13.0. The Morgan fingerprint density at radius 3 is 3.15 bits per heavy atom. The summed E-state index contributed by atoms with van der Waals surface area (Å²) in [5.74, 6) is -0.0310. The molecule has 6 nitrogen and oxygen atoms in total. The summed E-state index contributed by atoms with van der Waals surface area (Å²) < 4.78 is 6.01. The summed E-state index contributed by atoms with van der Waals surface area (Å²) in [7, 11) is 0. The first-order valence-corrected chi connectivity index (χ1v) is 8.95. The van der Waals surface area contributed by atoms with Crippen LogP contribution in [0.4, 0.5) is 0 Å². The molecule has 0 unspecified atom stereocenters. The van der Waals surface area contributed by atoms with Gasteiger partial charge in [0.25, 0.3) is 5.91 Å². The summed E-state index contributed by atoms with van der Waals surface area (Å²) in [4.78, 5) is 18.9. The van der Waals surface area contributed by atoms with Crippen molar-refractivity contribution in [2.24, 2.45) is 0 Å². The number of aryl methyl sites for hydroxylation is 1. The fourth-order valence-electron chi connectivity index (χ4n) is 3.40. The SMILES string of the molecule is Cc1ccc2[nH]nc(C(=O)N3CCC[C@@H](OCc4cccnc4)C3)c2c1. The zero-order valence-corrected chi connectivity index (χ0v) is 14.8. The molecule has 1 fully saturated rings. The molecule has 3 heterocycles. The number of likely N-dealkylation sites (tertiary alicyclic amines) is 1. The van der Waals surface area contributed by atoms with Crippen molar-refractivity contribution in [3.05, 3.63) is 59.5 Å². The van der Waals surface area contributed by atoms with Crippen molar-refractivity contribution in [1.82, 2.24) is 20.1 Å². The first-order valence-electron chi connectivity index (χ1n) is 8.95. The van der Waals surface area contributed by atoms with Crippen LogP contribution in [-0.4, -0.2) is 45.2 Å². The smallest absolute Gasteiger partial charge is 0.275 e. The highest BCUT2D eigenvalue weighted by molar-refractivity contribution is 6.04. The van der Waals surface area contributed by atoms with E-state index in [1.54, 1.807) is 6.20 Å². The number of nitrogens with one attached hydrogen (secondary N) is 1. The molecule has 1 N–H and O–H groups in total. The van der Waals surface area contributed by atoms with E-state index in [0.29, 0.717) is 18.8 Å². The van der Waals surface area contributed by atoms with Crippen molar-refractivity contribution in [3.63, 3.8) is 0 Å². The number of pyridine rings is 1. The first-order chi connectivity index (χ1) is 12.7. The molecule has 6 heteroatoms. The Morgan fingerprint density at radius 1 is 1.38 bits per heavy atom. The van der Waals surface area contributed by atoms with E-state index in [4.69, 9.17) is 4.74 Å². The number of carbonyl (C=O) groups is 1. The van der Waals surface area contributed by atoms with Crippen molar-refractivity contribution >= 4 is 16.8 Å². The van der Waals surface area contributed by atoms with Crippen LogP contribution in [0.1, 0.15) is 34.5 Å². The largest absolute Gasteiger partial charge is 0.372 e. The lowest BCUT2D eigenvalue weighted by Crippen LogP contribution is -2.43. The molecule has 1 saturated heterocycles. The molecule has 2 aromatic heterocycles. The molecule has 0 spiro atoms. The van der Waals surface area contributed by atoms with Crippen molar-refractivity contribution in [2.75, 3.05) is 13.1 Å². The molecule has 1 aromatic carbocycles. The van der Waals surface area contributed by atoms with Crippen LogP contribution in [0.3, 0.4) is 0 Å². The molecule has 1 amide bonds. The number of fused-ring (bicyclic) bond motifs is 1. The zero-order valence-electron chi connectivity index (χ0n) is 14.8.